The summed E-state index contributed by atoms with van der Waals surface area (Å²) in [5, 5.41) is 6.25. The predicted octanol–water partition coefficient (Wildman–Crippen LogP) is 2.08. The van der Waals surface area contributed by atoms with Crippen LogP contribution in [0.3, 0.4) is 0 Å². The zero-order chi connectivity index (χ0) is 18.8. The Balaban J connectivity index is 1.53. The minimum absolute atomic E-state index is 0.00331. The fraction of sp³-hybridized carbons (Fsp3) is 0.579. The molecule has 2 N–H and O–H groups in total. The van der Waals surface area contributed by atoms with Gasteiger partial charge in [0, 0.05) is 38.6 Å². The zero-order valence-electron chi connectivity index (χ0n) is 15.3. The molecule has 2 amide bonds. The maximum Gasteiger partial charge on any atom is 0.409 e. The minimum Gasteiger partial charge on any atom is -0.450 e. The van der Waals surface area contributed by atoms with E-state index < -0.39 is 0 Å². The van der Waals surface area contributed by atoms with Gasteiger partial charge in [-0.15, -0.1) is 0 Å². The van der Waals surface area contributed by atoms with E-state index in [1.165, 1.54) is 12.1 Å². The van der Waals surface area contributed by atoms with Crippen LogP contribution < -0.4 is 10.6 Å². The molecule has 1 aromatic rings. The molecule has 7 heteroatoms. The molecular formula is C19H28FN3O3. The van der Waals surface area contributed by atoms with Crippen LogP contribution in [0.25, 0.3) is 0 Å². The molecule has 0 atom stereocenters. The van der Waals surface area contributed by atoms with E-state index in [0.29, 0.717) is 51.7 Å². The lowest BCUT2D eigenvalue weighted by atomic mass is 10.1. The first-order chi connectivity index (χ1) is 12.6. The number of carbonyl (C=O) groups is 2. The lowest BCUT2D eigenvalue weighted by Crippen LogP contribution is -2.45. The summed E-state index contributed by atoms with van der Waals surface area (Å²) >= 11 is 0. The van der Waals surface area contributed by atoms with Crippen molar-refractivity contribution in [3.8, 4) is 0 Å². The highest BCUT2D eigenvalue weighted by atomic mass is 19.1. The van der Waals surface area contributed by atoms with Crippen molar-refractivity contribution >= 4 is 12.0 Å². The molecule has 2 rings (SSSR count). The molecule has 144 valence electrons. The van der Waals surface area contributed by atoms with E-state index >= 15 is 0 Å². The molecule has 6 nitrogen and oxygen atoms in total. The average Bonchev–Trinajstić information content (AvgIpc) is 2.64. The summed E-state index contributed by atoms with van der Waals surface area (Å²) < 4.78 is 17.8. The number of nitrogens with zero attached hydrogens (tertiary/aromatic N) is 1. The summed E-state index contributed by atoms with van der Waals surface area (Å²) in [6.45, 7) is 4.72. The molecule has 26 heavy (non-hydrogen) atoms. The van der Waals surface area contributed by atoms with E-state index in [1.54, 1.807) is 24.0 Å². The van der Waals surface area contributed by atoms with Crippen molar-refractivity contribution in [2.24, 2.45) is 0 Å². The second-order valence-corrected chi connectivity index (χ2v) is 6.39. The van der Waals surface area contributed by atoms with Gasteiger partial charge >= 0.3 is 6.09 Å². The van der Waals surface area contributed by atoms with E-state index in [1.807, 2.05) is 0 Å². The summed E-state index contributed by atoms with van der Waals surface area (Å²) in [7, 11) is 0. The Kier molecular flexibility index (Phi) is 8.34. The Morgan fingerprint density at radius 2 is 1.88 bits per heavy atom. The van der Waals surface area contributed by atoms with Crippen LogP contribution in [0.2, 0.25) is 0 Å². The van der Waals surface area contributed by atoms with Crippen LogP contribution in [-0.4, -0.2) is 55.7 Å². The van der Waals surface area contributed by atoms with Crippen LogP contribution in [0.1, 0.15) is 31.7 Å². The summed E-state index contributed by atoms with van der Waals surface area (Å²) in [5.41, 5.74) is 0.998. The number of amides is 2. The van der Waals surface area contributed by atoms with Gasteiger partial charge < -0.3 is 20.3 Å². The second-order valence-electron chi connectivity index (χ2n) is 6.39. The van der Waals surface area contributed by atoms with Crippen molar-refractivity contribution in [1.29, 1.82) is 0 Å². The molecule has 0 radical (unpaired) electrons. The molecule has 0 saturated carbocycles. The van der Waals surface area contributed by atoms with Gasteiger partial charge in [-0.05, 0) is 43.9 Å². The fourth-order valence-corrected chi connectivity index (χ4v) is 2.96. The van der Waals surface area contributed by atoms with Crippen LogP contribution in [0, 0.1) is 5.82 Å². The van der Waals surface area contributed by atoms with Crippen LogP contribution in [-0.2, 0) is 16.0 Å². The standard InChI is InChI=1S/C19H28FN3O3/c1-2-26-19(25)23-13-9-17(10-14-23)21-12-8-18(24)22-11-7-15-3-5-16(20)6-4-15/h3-6,17,21H,2,7-14H2,1H3,(H,22,24). The minimum atomic E-state index is -0.253. The van der Waals surface area contributed by atoms with Crippen molar-refractivity contribution in [3.05, 3.63) is 35.6 Å². The molecule has 0 spiro atoms. The molecule has 0 unspecified atom stereocenters. The molecule has 1 aromatic carbocycles. The molecule has 1 saturated heterocycles. The fourth-order valence-electron chi connectivity index (χ4n) is 2.96. The Morgan fingerprint density at radius 3 is 2.54 bits per heavy atom. The number of likely N-dealkylation sites (tertiary alicyclic amines) is 1. The highest BCUT2D eigenvalue weighted by molar-refractivity contribution is 5.76. The lowest BCUT2D eigenvalue weighted by molar-refractivity contribution is -0.121. The normalized spacial score (nSPS) is 14.9. The van der Waals surface area contributed by atoms with Gasteiger partial charge in [-0.25, -0.2) is 9.18 Å². The third kappa shape index (κ3) is 7.00. The molecule has 0 bridgehead atoms. The van der Waals surface area contributed by atoms with Crippen LogP contribution in [0.5, 0.6) is 0 Å². The Bertz CT molecular complexity index is 572. The third-order valence-electron chi connectivity index (χ3n) is 4.46. The molecule has 1 aliphatic heterocycles. The smallest absolute Gasteiger partial charge is 0.409 e. The van der Waals surface area contributed by atoms with E-state index in [-0.39, 0.29) is 17.8 Å². The third-order valence-corrected chi connectivity index (χ3v) is 4.46. The van der Waals surface area contributed by atoms with Crippen molar-refractivity contribution in [3.63, 3.8) is 0 Å². The molecule has 1 aliphatic rings. The number of hydrogen-bond donors (Lipinski definition) is 2. The molecular weight excluding hydrogens is 337 g/mol. The first kappa shape index (κ1) is 20.2. The van der Waals surface area contributed by atoms with Crippen molar-refractivity contribution in [2.45, 2.75) is 38.6 Å². The van der Waals surface area contributed by atoms with Gasteiger partial charge in [0.2, 0.25) is 5.91 Å². The molecule has 1 heterocycles. The predicted molar refractivity (Wildman–Crippen MR) is 97.4 cm³/mol. The molecule has 0 aliphatic carbocycles. The van der Waals surface area contributed by atoms with Gasteiger partial charge in [0.1, 0.15) is 5.82 Å². The number of nitrogens with one attached hydrogen (secondary N) is 2. The summed E-state index contributed by atoms with van der Waals surface area (Å²) in [6, 6.07) is 6.63. The van der Waals surface area contributed by atoms with E-state index in [2.05, 4.69) is 10.6 Å². The lowest BCUT2D eigenvalue weighted by Gasteiger charge is -2.31. The number of ether oxygens (including phenoxy) is 1. The Hall–Kier alpha value is -2.15. The largest absolute Gasteiger partial charge is 0.450 e. The number of hydrogen-bond acceptors (Lipinski definition) is 4. The van der Waals surface area contributed by atoms with Gasteiger partial charge in [-0.2, -0.15) is 0 Å². The monoisotopic (exact) mass is 365 g/mol. The summed E-state index contributed by atoms with van der Waals surface area (Å²) in [4.78, 5) is 25.2. The Morgan fingerprint density at radius 1 is 1.19 bits per heavy atom. The van der Waals surface area contributed by atoms with E-state index in [4.69, 9.17) is 4.74 Å². The van der Waals surface area contributed by atoms with Gasteiger partial charge in [-0.1, -0.05) is 12.1 Å². The van der Waals surface area contributed by atoms with E-state index in [0.717, 1.165) is 18.4 Å². The topological polar surface area (TPSA) is 70.7 Å². The average molecular weight is 365 g/mol. The summed E-state index contributed by atoms with van der Waals surface area (Å²) in [5.74, 6) is -0.250. The van der Waals surface area contributed by atoms with Crippen molar-refractivity contribution < 1.29 is 18.7 Å². The van der Waals surface area contributed by atoms with Gasteiger partial charge in [0.05, 0.1) is 6.61 Å². The zero-order valence-corrected chi connectivity index (χ0v) is 15.3. The highest BCUT2D eigenvalue weighted by Crippen LogP contribution is 2.11. The second kappa shape index (κ2) is 10.8. The number of rotatable bonds is 8. The van der Waals surface area contributed by atoms with Crippen LogP contribution in [0.15, 0.2) is 24.3 Å². The van der Waals surface area contributed by atoms with Crippen LogP contribution in [0.4, 0.5) is 9.18 Å². The number of carbonyl (C=O) groups excluding carboxylic acids is 2. The SMILES string of the molecule is CCOC(=O)N1CCC(NCCC(=O)NCCc2ccc(F)cc2)CC1. The summed E-state index contributed by atoms with van der Waals surface area (Å²) in [6.07, 6.45) is 2.59. The Labute approximate surface area is 154 Å². The van der Waals surface area contributed by atoms with Crippen molar-refractivity contribution in [1.82, 2.24) is 15.5 Å². The highest BCUT2D eigenvalue weighted by Gasteiger charge is 2.23. The van der Waals surface area contributed by atoms with Crippen molar-refractivity contribution in [2.75, 3.05) is 32.8 Å². The van der Waals surface area contributed by atoms with Gasteiger partial charge in [0.25, 0.3) is 0 Å². The first-order valence-corrected chi connectivity index (χ1v) is 9.24. The number of halogens is 1. The molecule has 0 aromatic heterocycles. The van der Waals surface area contributed by atoms with Crippen LogP contribution >= 0.6 is 0 Å². The van der Waals surface area contributed by atoms with Gasteiger partial charge in [0.15, 0.2) is 0 Å². The maximum atomic E-state index is 12.8. The van der Waals surface area contributed by atoms with E-state index in [9.17, 15) is 14.0 Å². The molecule has 1 fully saturated rings. The maximum absolute atomic E-state index is 12.8. The quantitative estimate of drug-likeness (QED) is 0.740. The first-order valence-electron chi connectivity index (χ1n) is 9.24. The van der Waals surface area contributed by atoms with Gasteiger partial charge in [-0.3, -0.25) is 4.79 Å². The number of piperidine rings is 1. The number of benzene rings is 1.